The fraction of sp³-hybridized carbons (Fsp3) is 0. The summed E-state index contributed by atoms with van der Waals surface area (Å²) in [5.41, 5.74) is 0. The van der Waals surface area contributed by atoms with Crippen molar-refractivity contribution in [3.05, 3.63) is 50.6 Å². The fourth-order valence-electron chi connectivity index (χ4n) is 0.440. The van der Waals surface area contributed by atoms with Gasteiger partial charge in [0.15, 0.2) is 11.6 Å². The fourth-order valence-corrected chi connectivity index (χ4v) is 0.440. The minimum atomic E-state index is -0.121. The van der Waals surface area contributed by atoms with Crippen LogP contribution < -0.4 is 0 Å². The summed E-state index contributed by atoms with van der Waals surface area (Å²) in [5.74, 6) is -0.241. The normalized spacial score (nSPS) is 8.71. The second kappa shape index (κ2) is 37.8. The number of ketones is 2. The van der Waals surface area contributed by atoms with E-state index in [1.165, 1.54) is 24.3 Å². The Kier molecular flexibility index (Phi) is 65.0. The summed E-state index contributed by atoms with van der Waals surface area (Å²) < 4.78 is 0. The van der Waals surface area contributed by atoms with E-state index in [9.17, 15) is 9.59 Å². The third-order valence-corrected chi connectivity index (χ3v) is 0.824. The second-order valence-corrected chi connectivity index (χ2v) is 1.47. The first-order valence-corrected chi connectivity index (χ1v) is 3.12. The Balaban J connectivity index is -0.0000000462. The molecule has 0 unspecified atom stereocenters. The van der Waals surface area contributed by atoms with Crippen molar-refractivity contribution in [2.24, 2.45) is 0 Å². The molecule has 0 heterocycles. The van der Waals surface area contributed by atoms with Crippen LogP contribution in [0.3, 0.4) is 0 Å². The molecule has 0 saturated carbocycles. The van der Waals surface area contributed by atoms with Crippen molar-refractivity contribution in [2.45, 2.75) is 0 Å². The molecule has 90 valence electrons. The van der Waals surface area contributed by atoms with Crippen molar-refractivity contribution in [1.29, 1.82) is 21.0 Å². The summed E-state index contributed by atoms with van der Waals surface area (Å²) in [5, 5.41) is 25.0. The first kappa shape index (κ1) is 29.2. The van der Waals surface area contributed by atoms with E-state index >= 15 is 0 Å². The molecule has 0 atom stereocenters. The van der Waals surface area contributed by atoms with Crippen LogP contribution in [0.5, 0.6) is 0 Å². The van der Waals surface area contributed by atoms with E-state index in [1.54, 1.807) is 0 Å². The Morgan fingerprint density at radius 2 is 0.706 bits per heavy atom. The van der Waals surface area contributed by atoms with Gasteiger partial charge in [0, 0.05) is 16.5 Å². The molecule has 0 bridgehead atoms. The molecule has 17 heavy (non-hydrogen) atoms. The van der Waals surface area contributed by atoms with E-state index < -0.39 is 0 Å². The third-order valence-electron chi connectivity index (χ3n) is 0.824. The van der Waals surface area contributed by atoms with Gasteiger partial charge in [-0.15, -0.1) is 0 Å². The topological polar surface area (TPSA) is 129 Å². The molecule has 0 fully saturated rings. The van der Waals surface area contributed by atoms with Crippen molar-refractivity contribution in [3.63, 3.8) is 0 Å². The van der Waals surface area contributed by atoms with Gasteiger partial charge in [0.1, 0.15) is 0 Å². The number of rotatable bonds is 0. The van der Waals surface area contributed by atoms with Crippen molar-refractivity contribution < 1.29 is 26.1 Å². The summed E-state index contributed by atoms with van der Waals surface area (Å²) >= 11 is 0. The standard InChI is InChI=1S/C6H4O2.4CN.Ni/c7-5-1-2-6(8)4-3-5;4*1-2;/h1-4H;;;;;/q;4*-1;. The van der Waals surface area contributed by atoms with Crippen LogP contribution in [0, 0.1) is 47.3 Å². The quantitative estimate of drug-likeness (QED) is 0.361. The summed E-state index contributed by atoms with van der Waals surface area (Å²) in [7, 11) is 0. The Morgan fingerprint density at radius 3 is 0.824 bits per heavy atom. The van der Waals surface area contributed by atoms with Gasteiger partial charge in [-0.05, 0) is 24.3 Å². The van der Waals surface area contributed by atoms with Crippen LogP contribution in [0.2, 0.25) is 0 Å². The third kappa shape index (κ3) is 31.9. The van der Waals surface area contributed by atoms with Crippen molar-refractivity contribution in [2.75, 3.05) is 0 Å². The molecule has 0 spiro atoms. The van der Waals surface area contributed by atoms with E-state index in [0.29, 0.717) is 0 Å². The molecule has 0 N–H and O–H groups in total. The molecule has 0 aromatic rings. The Labute approximate surface area is 110 Å². The molecule has 6 nitrogen and oxygen atoms in total. The first-order valence-electron chi connectivity index (χ1n) is 3.12. The Hall–Kier alpha value is -2.73. The number of hydrogen-bond acceptors (Lipinski definition) is 6. The molecular weight excluding hydrogens is 267 g/mol. The van der Waals surface area contributed by atoms with Gasteiger partial charge in [0.05, 0.1) is 0 Å². The molecular formula is C10H4N4NiO2-4. The molecule has 0 amide bonds. The average Bonchev–Trinajstić information content (AvgIpc) is 2.42. The molecule has 0 radical (unpaired) electrons. The van der Waals surface area contributed by atoms with Crippen LogP contribution >= 0.6 is 0 Å². The molecule has 1 aliphatic rings. The van der Waals surface area contributed by atoms with Crippen LogP contribution in [-0.2, 0) is 26.1 Å². The minimum Gasteiger partial charge on any atom is -0.512 e. The maximum absolute atomic E-state index is 10.3. The molecule has 0 aromatic carbocycles. The van der Waals surface area contributed by atoms with E-state index in [4.69, 9.17) is 47.3 Å². The van der Waals surface area contributed by atoms with Gasteiger partial charge in [-0.2, -0.15) is 0 Å². The molecule has 7 heteroatoms. The zero-order chi connectivity index (χ0) is 14.0. The molecule has 1 rings (SSSR count). The molecule has 0 aromatic heterocycles. The van der Waals surface area contributed by atoms with Gasteiger partial charge >= 0.3 is 0 Å². The van der Waals surface area contributed by atoms with E-state index in [1.807, 2.05) is 0 Å². The number of carbonyl (C=O) groups is 2. The number of allylic oxidation sites excluding steroid dienone is 4. The van der Waals surface area contributed by atoms with E-state index in [-0.39, 0.29) is 28.1 Å². The van der Waals surface area contributed by atoms with Gasteiger partial charge in [-0.3, -0.25) is 9.59 Å². The smallest absolute Gasteiger partial charge is 0.178 e. The van der Waals surface area contributed by atoms with Crippen molar-refractivity contribution in [1.82, 2.24) is 0 Å². The average molecular weight is 271 g/mol. The Bertz CT molecular complexity index is 275. The maximum Gasteiger partial charge on any atom is 0.178 e. The number of carbonyl (C=O) groups excluding carboxylic acids is 2. The maximum atomic E-state index is 10.3. The number of nitrogens with zero attached hydrogens (tertiary/aromatic N) is 4. The van der Waals surface area contributed by atoms with Crippen molar-refractivity contribution >= 4 is 11.6 Å². The summed E-state index contributed by atoms with van der Waals surface area (Å²) in [4.78, 5) is 20.6. The summed E-state index contributed by atoms with van der Waals surface area (Å²) in [6, 6.07) is 0. The Morgan fingerprint density at radius 1 is 0.588 bits per heavy atom. The summed E-state index contributed by atoms with van der Waals surface area (Å²) in [6.45, 7) is 19.0. The van der Waals surface area contributed by atoms with Crippen LogP contribution in [-0.4, -0.2) is 11.6 Å². The van der Waals surface area contributed by atoms with E-state index in [0.717, 1.165) is 0 Å². The van der Waals surface area contributed by atoms with Gasteiger partial charge in [-0.1, -0.05) is 0 Å². The second-order valence-electron chi connectivity index (χ2n) is 1.47. The zero-order valence-corrected chi connectivity index (χ0v) is 9.22. The van der Waals surface area contributed by atoms with Crippen LogP contribution in [0.4, 0.5) is 0 Å². The molecule has 1 aliphatic carbocycles. The van der Waals surface area contributed by atoms with Gasteiger partial charge in [0.25, 0.3) is 0 Å². The van der Waals surface area contributed by atoms with E-state index in [2.05, 4.69) is 0 Å². The number of hydrogen-bond donors (Lipinski definition) is 0. The SMILES string of the molecule is O=C1C=CC(=O)C=C1.[C-]#N.[C-]#N.[C-]#N.[C-]#N.[Ni]. The summed E-state index contributed by atoms with van der Waals surface area (Å²) in [6.07, 6.45) is 5.01. The predicted octanol–water partition coefficient (Wildman–Crippen LogP) is 0.634. The largest absolute Gasteiger partial charge is 0.512 e. The van der Waals surface area contributed by atoms with Crippen LogP contribution in [0.15, 0.2) is 24.3 Å². The first-order chi connectivity index (χ1) is 7.79. The van der Waals surface area contributed by atoms with Gasteiger partial charge in [0.2, 0.25) is 0 Å². The van der Waals surface area contributed by atoms with Crippen molar-refractivity contribution in [3.8, 4) is 0 Å². The predicted molar refractivity (Wildman–Crippen MR) is 48.2 cm³/mol. The zero-order valence-electron chi connectivity index (χ0n) is 8.23. The van der Waals surface area contributed by atoms with Crippen LogP contribution in [0.25, 0.3) is 0 Å². The van der Waals surface area contributed by atoms with Gasteiger partial charge in [-0.25, -0.2) is 0 Å². The monoisotopic (exact) mass is 270 g/mol. The molecule has 0 saturated heterocycles. The molecule has 0 aliphatic heterocycles. The minimum absolute atomic E-state index is 0. The van der Waals surface area contributed by atoms with Gasteiger partial charge < -0.3 is 47.3 Å². The van der Waals surface area contributed by atoms with Crippen LogP contribution in [0.1, 0.15) is 0 Å².